The lowest BCUT2D eigenvalue weighted by Crippen LogP contribution is -1.88. The molecule has 0 N–H and O–H groups in total. The van der Waals surface area contributed by atoms with Crippen LogP contribution in [0, 0.1) is 0 Å². The van der Waals surface area contributed by atoms with E-state index in [-0.39, 0.29) is 5.89 Å². The van der Waals surface area contributed by atoms with Gasteiger partial charge < -0.3 is 9.26 Å². The van der Waals surface area contributed by atoms with Gasteiger partial charge in [0.05, 0.1) is 12.7 Å². The van der Waals surface area contributed by atoms with Crippen LogP contribution in [0.2, 0.25) is 0 Å². The quantitative estimate of drug-likeness (QED) is 0.610. The number of halogens is 2. The van der Waals surface area contributed by atoms with Gasteiger partial charge in [-0.3, -0.25) is 0 Å². The first kappa shape index (κ1) is 15.8. The fourth-order valence-electron chi connectivity index (χ4n) is 2.03. The molecule has 23 heavy (non-hydrogen) atoms. The van der Waals surface area contributed by atoms with Crippen LogP contribution < -0.4 is 4.74 Å². The second-order valence-corrected chi connectivity index (χ2v) is 5.99. The van der Waals surface area contributed by atoms with E-state index in [1.54, 1.807) is 13.2 Å². The Morgan fingerprint density at radius 2 is 1.91 bits per heavy atom. The fraction of sp³-hybridized carbons (Fsp3) is 0.0588. The maximum absolute atomic E-state index is 6.28. The highest BCUT2D eigenvalue weighted by Gasteiger charge is 2.14. The summed E-state index contributed by atoms with van der Waals surface area (Å²) in [7, 11) is 1.60. The summed E-state index contributed by atoms with van der Waals surface area (Å²) in [5.41, 5.74) is 1.69. The minimum absolute atomic E-state index is 0.260. The van der Waals surface area contributed by atoms with Crippen molar-refractivity contribution in [3.8, 4) is 17.1 Å². The maximum atomic E-state index is 6.28. The molecule has 1 heterocycles. The number of ether oxygens (including phenoxy) is 1. The summed E-state index contributed by atoms with van der Waals surface area (Å²) < 4.78 is 11.6. The molecule has 3 rings (SSSR count). The van der Waals surface area contributed by atoms with Gasteiger partial charge in [0, 0.05) is 4.47 Å². The van der Waals surface area contributed by atoms with Crippen LogP contribution in [0.1, 0.15) is 11.5 Å². The second kappa shape index (κ2) is 6.98. The molecule has 0 radical (unpaired) electrons. The van der Waals surface area contributed by atoms with Crippen molar-refractivity contribution in [3.63, 3.8) is 0 Å². The Kier molecular flexibility index (Phi) is 4.79. The topological polar surface area (TPSA) is 48.2 Å². The van der Waals surface area contributed by atoms with Gasteiger partial charge in [-0.15, -0.1) is 0 Å². The van der Waals surface area contributed by atoms with Gasteiger partial charge in [0.1, 0.15) is 10.8 Å². The zero-order valence-corrected chi connectivity index (χ0v) is 14.5. The molecule has 0 fully saturated rings. The summed E-state index contributed by atoms with van der Waals surface area (Å²) in [5.74, 6) is 1.36. The molecule has 0 aliphatic heterocycles. The van der Waals surface area contributed by atoms with Crippen LogP contribution in [0.3, 0.4) is 0 Å². The molecule has 2 aromatic carbocycles. The average molecular weight is 392 g/mol. The molecule has 0 amide bonds. The van der Waals surface area contributed by atoms with Crippen molar-refractivity contribution in [3.05, 3.63) is 64.5 Å². The highest BCUT2D eigenvalue weighted by molar-refractivity contribution is 9.10. The van der Waals surface area contributed by atoms with E-state index in [0.717, 1.165) is 15.6 Å². The number of rotatable bonds is 4. The molecule has 0 spiro atoms. The van der Waals surface area contributed by atoms with Crippen LogP contribution in [-0.4, -0.2) is 17.3 Å². The highest BCUT2D eigenvalue weighted by Crippen LogP contribution is 2.29. The van der Waals surface area contributed by atoms with Gasteiger partial charge in [0.15, 0.2) is 0 Å². The summed E-state index contributed by atoms with van der Waals surface area (Å²) >= 11 is 9.67. The predicted octanol–water partition coefficient (Wildman–Crippen LogP) is 5.24. The molecule has 0 saturated heterocycles. The van der Waals surface area contributed by atoms with E-state index in [4.69, 9.17) is 20.9 Å². The van der Waals surface area contributed by atoms with Gasteiger partial charge in [-0.05, 0) is 35.9 Å². The molecular weight excluding hydrogens is 380 g/mol. The number of methoxy groups -OCH3 is 1. The van der Waals surface area contributed by atoms with Gasteiger partial charge in [-0.2, -0.15) is 4.98 Å². The van der Waals surface area contributed by atoms with Crippen molar-refractivity contribution in [2.24, 2.45) is 0 Å². The Morgan fingerprint density at radius 1 is 1.17 bits per heavy atom. The number of para-hydroxylation sites is 1. The van der Waals surface area contributed by atoms with Crippen molar-refractivity contribution < 1.29 is 9.26 Å². The largest absolute Gasteiger partial charge is 0.496 e. The summed E-state index contributed by atoms with van der Waals surface area (Å²) in [6, 6.07) is 15.2. The van der Waals surface area contributed by atoms with E-state index < -0.39 is 0 Å². The molecule has 116 valence electrons. The Hall–Kier alpha value is -2.11. The SMILES string of the molecule is COc1ccccc1-c1noc(/C(Cl)=C/c2ccc(Br)cc2)n1. The van der Waals surface area contributed by atoms with Crippen molar-refractivity contribution >= 4 is 38.6 Å². The van der Waals surface area contributed by atoms with Gasteiger partial charge in [-0.25, -0.2) is 0 Å². The van der Waals surface area contributed by atoms with Crippen LogP contribution >= 0.6 is 27.5 Å². The van der Waals surface area contributed by atoms with Gasteiger partial charge in [0.25, 0.3) is 5.89 Å². The van der Waals surface area contributed by atoms with E-state index in [1.165, 1.54) is 0 Å². The minimum atomic E-state index is 0.260. The summed E-state index contributed by atoms with van der Waals surface area (Å²) in [6.45, 7) is 0. The molecule has 6 heteroatoms. The Morgan fingerprint density at radius 3 is 2.65 bits per heavy atom. The predicted molar refractivity (Wildman–Crippen MR) is 94.2 cm³/mol. The molecule has 0 bridgehead atoms. The summed E-state index contributed by atoms with van der Waals surface area (Å²) in [4.78, 5) is 4.34. The summed E-state index contributed by atoms with van der Waals surface area (Å²) in [5, 5.41) is 4.35. The summed E-state index contributed by atoms with van der Waals surface area (Å²) in [6.07, 6.45) is 1.77. The molecule has 4 nitrogen and oxygen atoms in total. The zero-order chi connectivity index (χ0) is 16.2. The van der Waals surface area contributed by atoms with Crippen LogP contribution in [0.5, 0.6) is 5.75 Å². The van der Waals surface area contributed by atoms with Crippen LogP contribution in [0.4, 0.5) is 0 Å². The lowest BCUT2D eigenvalue weighted by Gasteiger charge is -2.02. The first-order valence-electron chi connectivity index (χ1n) is 6.77. The Bertz CT molecular complexity index is 844. The first-order chi connectivity index (χ1) is 11.2. The molecule has 0 saturated carbocycles. The van der Waals surface area contributed by atoms with Gasteiger partial charge >= 0.3 is 0 Å². The number of hydrogen-bond donors (Lipinski definition) is 0. The fourth-order valence-corrected chi connectivity index (χ4v) is 2.49. The molecule has 0 aliphatic carbocycles. The lowest BCUT2D eigenvalue weighted by molar-refractivity contribution is 0.406. The van der Waals surface area contributed by atoms with E-state index >= 15 is 0 Å². The van der Waals surface area contributed by atoms with E-state index in [2.05, 4.69) is 26.1 Å². The van der Waals surface area contributed by atoms with Crippen molar-refractivity contribution in [2.75, 3.05) is 7.11 Å². The molecule has 0 unspecified atom stereocenters. The Labute approximate surface area is 146 Å². The minimum Gasteiger partial charge on any atom is -0.496 e. The molecule has 0 atom stereocenters. The number of hydrogen-bond acceptors (Lipinski definition) is 4. The highest BCUT2D eigenvalue weighted by atomic mass is 79.9. The number of nitrogens with zero attached hydrogens (tertiary/aromatic N) is 2. The standard InChI is InChI=1S/C17H12BrClN2O2/c1-22-15-5-3-2-4-13(15)16-20-17(23-21-16)14(19)10-11-6-8-12(18)9-7-11/h2-10H,1H3/b14-10-. The van der Waals surface area contributed by atoms with E-state index in [1.807, 2.05) is 48.5 Å². The smallest absolute Gasteiger partial charge is 0.269 e. The third kappa shape index (κ3) is 3.63. The normalized spacial score (nSPS) is 11.5. The molecular formula is C17H12BrClN2O2. The lowest BCUT2D eigenvalue weighted by atomic mass is 10.2. The van der Waals surface area contributed by atoms with Crippen molar-refractivity contribution in [1.82, 2.24) is 10.1 Å². The van der Waals surface area contributed by atoms with Crippen molar-refractivity contribution in [1.29, 1.82) is 0 Å². The monoisotopic (exact) mass is 390 g/mol. The number of aromatic nitrogens is 2. The molecule has 1 aromatic heterocycles. The van der Waals surface area contributed by atoms with Gasteiger partial charge in [0.2, 0.25) is 5.82 Å². The molecule has 3 aromatic rings. The first-order valence-corrected chi connectivity index (χ1v) is 7.94. The van der Waals surface area contributed by atoms with Crippen LogP contribution in [0.25, 0.3) is 22.5 Å². The number of benzene rings is 2. The Balaban J connectivity index is 1.90. The zero-order valence-electron chi connectivity index (χ0n) is 12.2. The van der Waals surface area contributed by atoms with E-state index in [9.17, 15) is 0 Å². The van der Waals surface area contributed by atoms with Crippen molar-refractivity contribution in [2.45, 2.75) is 0 Å². The van der Waals surface area contributed by atoms with E-state index in [0.29, 0.717) is 16.6 Å². The van der Waals surface area contributed by atoms with Gasteiger partial charge in [-0.1, -0.05) is 57.0 Å². The third-order valence-corrected chi connectivity index (χ3v) is 3.94. The maximum Gasteiger partial charge on any atom is 0.269 e. The second-order valence-electron chi connectivity index (χ2n) is 4.67. The van der Waals surface area contributed by atoms with Crippen LogP contribution in [-0.2, 0) is 0 Å². The molecule has 0 aliphatic rings. The van der Waals surface area contributed by atoms with Crippen LogP contribution in [0.15, 0.2) is 57.5 Å². The average Bonchev–Trinajstić information content (AvgIpc) is 3.07. The third-order valence-electron chi connectivity index (χ3n) is 3.14.